The van der Waals surface area contributed by atoms with Crippen LogP contribution in [0.5, 0.6) is 0 Å². The molecule has 2 aromatic rings. The number of benzene rings is 2. The first-order chi connectivity index (χ1) is 17.6. The van der Waals surface area contributed by atoms with Crippen molar-refractivity contribution < 1.29 is 38.1 Å². The fourth-order valence-corrected chi connectivity index (χ4v) is 4.41. The molecule has 37 heavy (non-hydrogen) atoms. The van der Waals surface area contributed by atoms with Crippen molar-refractivity contribution in [3.05, 3.63) is 71.8 Å². The average molecular weight is 512 g/mol. The minimum Gasteiger partial charge on any atom is -0.469 e. The van der Waals surface area contributed by atoms with Crippen LogP contribution in [0.1, 0.15) is 47.9 Å². The van der Waals surface area contributed by atoms with Crippen LogP contribution in [0, 0.1) is 17.8 Å². The fourth-order valence-electron chi connectivity index (χ4n) is 4.41. The molecule has 4 atom stereocenters. The molecule has 0 aliphatic heterocycles. The van der Waals surface area contributed by atoms with Gasteiger partial charge in [0.1, 0.15) is 5.60 Å². The van der Waals surface area contributed by atoms with Crippen LogP contribution in [0.15, 0.2) is 60.7 Å². The number of hydrogen-bond donors (Lipinski definition) is 1. The Kier molecular flexibility index (Phi) is 9.27. The van der Waals surface area contributed by atoms with Crippen LogP contribution in [0.25, 0.3) is 0 Å². The molecule has 0 aromatic heterocycles. The third kappa shape index (κ3) is 7.80. The average Bonchev–Trinajstić information content (AvgIpc) is 3.21. The minimum atomic E-state index is -0.732. The molecular weight excluding hydrogens is 478 g/mol. The van der Waals surface area contributed by atoms with Crippen molar-refractivity contribution in [2.45, 2.75) is 38.8 Å². The zero-order valence-electron chi connectivity index (χ0n) is 21.5. The van der Waals surface area contributed by atoms with Crippen molar-refractivity contribution >= 4 is 24.0 Å². The van der Waals surface area contributed by atoms with Crippen LogP contribution in [0.2, 0.25) is 0 Å². The molecule has 1 amide bonds. The lowest BCUT2D eigenvalue weighted by molar-refractivity contribution is -0.147. The molecule has 0 saturated heterocycles. The predicted molar refractivity (Wildman–Crippen MR) is 134 cm³/mol. The van der Waals surface area contributed by atoms with Crippen LogP contribution in [-0.4, -0.2) is 56.0 Å². The van der Waals surface area contributed by atoms with E-state index < -0.39 is 53.4 Å². The van der Waals surface area contributed by atoms with E-state index in [4.69, 9.17) is 18.9 Å². The number of carbonyl (C=O) groups is 4. The van der Waals surface area contributed by atoms with Crippen molar-refractivity contribution in [1.82, 2.24) is 5.32 Å². The second kappa shape index (κ2) is 12.4. The Labute approximate surface area is 216 Å². The quantitative estimate of drug-likeness (QED) is 0.417. The molecule has 1 aliphatic carbocycles. The van der Waals surface area contributed by atoms with Gasteiger partial charge in [-0.3, -0.25) is 4.79 Å². The molecule has 0 heterocycles. The Balaban J connectivity index is 1.81. The summed E-state index contributed by atoms with van der Waals surface area (Å²) in [5.74, 6) is -3.43. The molecular formula is C28H33NO8. The molecule has 1 saturated carbocycles. The number of amides is 1. The van der Waals surface area contributed by atoms with Gasteiger partial charge in [0.2, 0.25) is 0 Å². The molecule has 0 spiro atoms. The maximum absolute atomic E-state index is 12.7. The van der Waals surface area contributed by atoms with E-state index in [9.17, 15) is 19.2 Å². The first-order valence-electron chi connectivity index (χ1n) is 12.1. The predicted octanol–water partition coefficient (Wildman–Crippen LogP) is 4.02. The SMILES string of the molecule is COC(=O)C1CC(NC(=O)OC(C)(C)C)C(COC(=O)c2ccccc2)C1COC(=O)c1ccccc1. The van der Waals surface area contributed by atoms with Crippen LogP contribution < -0.4 is 5.32 Å². The number of rotatable bonds is 8. The second-order valence-electron chi connectivity index (χ2n) is 9.87. The van der Waals surface area contributed by atoms with Gasteiger partial charge in [0.25, 0.3) is 0 Å². The number of hydrogen-bond acceptors (Lipinski definition) is 8. The summed E-state index contributed by atoms with van der Waals surface area (Å²) in [4.78, 5) is 50.5. The number of carbonyl (C=O) groups excluding carboxylic acids is 4. The highest BCUT2D eigenvalue weighted by Crippen LogP contribution is 2.39. The standard InChI is InChI=1S/C28H33NO8/c1-28(2,3)37-27(33)29-23-15-20(26(32)34-4)21(16-35-24(30)18-11-7-5-8-12-18)22(23)17-36-25(31)19-13-9-6-10-14-19/h5-14,20-23H,15-17H2,1-4H3,(H,29,33). The van der Waals surface area contributed by atoms with Crippen LogP contribution in [0.3, 0.4) is 0 Å². The maximum Gasteiger partial charge on any atom is 0.407 e. The number of esters is 3. The third-order valence-corrected chi connectivity index (χ3v) is 6.13. The van der Waals surface area contributed by atoms with Crippen molar-refractivity contribution in [3.63, 3.8) is 0 Å². The van der Waals surface area contributed by atoms with Gasteiger partial charge in [-0.1, -0.05) is 36.4 Å². The van der Waals surface area contributed by atoms with Gasteiger partial charge in [0.15, 0.2) is 0 Å². The number of nitrogens with one attached hydrogen (secondary N) is 1. The number of ether oxygens (including phenoxy) is 4. The van der Waals surface area contributed by atoms with Gasteiger partial charge in [-0.2, -0.15) is 0 Å². The molecule has 1 fully saturated rings. The van der Waals surface area contributed by atoms with E-state index in [0.717, 1.165) is 0 Å². The molecule has 0 bridgehead atoms. The van der Waals surface area contributed by atoms with Crippen molar-refractivity contribution in [3.8, 4) is 0 Å². The molecule has 198 valence electrons. The lowest BCUT2D eigenvalue weighted by Gasteiger charge is -2.27. The Morgan fingerprint density at radius 3 is 1.76 bits per heavy atom. The van der Waals surface area contributed by atoms with E-state index >= 15 is 0 Å². The van der Waals surface area contributed by atoms with E-state index in [1.54, 1.807) is 81.4 Å². The van der Waals surface area contributed by atoms with Crippen molar-refractivity contribution in [2.24, 2.45) is 17.8 Å². The number of alkyl carbamates (subject to hydrolysis) is 1. The Morgan fingerprint density at radius 1 is 0.811 bits per heavy atom. The molecule has 9 nitrogen and oxygen atoms in total. The van der Waals surface area contributed by atoms with Crippen LogP contribution in [0.4, 0.5) is 4.79 Å². The van der Waals surface area contributed by atoms with E-state index in [-0.39, 0.29) is 19.6 Å². The summed E-state index contributed by atoms with van der Waals surface area (Å²) in [6.45, 7) is 4.97. The summed E-state index contributed by atoms with van der Waals surface area (Å²) in [6, 6.07) is 16.4. The summed E-state index contributed by atoms with van der Waals surface area (Å²) in [6.07, 6.45) is -0.463. The summed E-state index contributed by atoms with van der Waals surface area (Å²) in [7, 11) is 1.27. The fraction of sp³-hybridized carbons (Fsp3) is 0.429. The van der Waals surface area contributed by atoms with E-state index in [1.807, 2.05) is 0 Å². The van der Waals surface area contributed by atoms with E-state index in [2.05, 4.69) is 5.32 Å². The zero-order chi connectivity index (χ0) is 27.0. The second-order valence-corrected chi connectivity index (χ2v) is 9.87. The van der Waals surface area contributed by atoms with Gasteiger partial charge < -0.3 is 24.3 Å². The molecule has 1 aliphatic rings. The lowest BCUT2D eigenvalue weighted by Crippen LogP contribution is -2.43. The topological polar surface area (TPSA) is 117 Å². The van der Waals surface area contributed by atoms with E-state index in [1.165, 1.54) is 7.11 Å². The Morgan fingerprint density at radius 2 is 1.30 bits per heavy atom. The summed E-state index contributed by atoms with van der Waals surface area (Å²) >= 11 is 0. The summed E-state index contributed by atoms with van der Waals surface area (Å²) < 4.78 is 21.5. The van der Waals surface area contributed by atoms with Gasteiger partial charge in [-0.05, 0) is 51.5 Å². The Hall–Kier alpha value is -3.88. The monoisotopic (exact) mass is 511 g/mol. The summed E-state index contributed by atoms with van der Waals surface area (Å²) in [5, 5.41) is 2.81. The van der Waals surface area contributed by atoms with Crippen molar-refractivity contribution in [1.29, 1.82) is 0 Å². The molecule has 3 rings (SSSR count). The van der Waals surface area contributed by atoms with Crippen LogP contribution >= 0.6 is 0 Å². The first-order valence-corrected chi connectivity index (χ1v) is 12.1. The van der Waals surface area contributed by atoms with Gasteiger partial charge in [-0.25, -0.2) is 14.4 Å². The molecule has 0 radical (unpaired) electrons. The smallest absolute Gasteiger partial charge is 0.407 e. The largest absolute Gasteiger partial charge is 0.469 e. The molecule has 4 unspecified atom stereocenters. The van der Waals surface area contributed by atoms with Crippen LogP contribution in [-0.2, 0) is 23.7 Å². The zero-order valence-corrected chi connectivity index (χ0v) is 21.5. The molecule has 9 heteroatoms. The summed E-state index contributed by atoms with van der Waals surface area (Å²) in [5.41, 5.74) is 0.00366. The maximum atomic E-state index is 12.7. The number of methoxy groups -OCH3 is 1. The third-order valence-electron chi connectivity index (χ3n) is 6.13. The van der Waals surface area contributed by atoms with Gasteiger partial charge in [0.05, 0.1) is 37.4 Å². The van der Waals surface area contributed by atoms with Crippen molar-refractivity contribution in [2.75, 3.05) is 20.3 Å². The first kappa shape index (κ1) is 27.7. The highest BCUT2D eigenvalue weighted by Gasteiger charge is 2.49. The van der Waals surface area contributed by atoms with Gasteiger partial charge in [-0.15, -0.1) is 0 Å². The highest BCUT2D eigenvalue weighted by atomic mass is 16.6. The normalized spacial score (nSPS) is 21.0. The van der Waals surface area contributed by atoms with E-state index in [0.29, 0.717) is 11.1 Å². The lowest BCUT2D eigenvalue weighted by atomic mass is 9.89. The molecule has 2 aromatic carbocycles. The van der Waals surface area contributed by atoms with Gasteiger partial charge >= 0.3 is 24.0 Å². The Bertz CT molecular complexity index is 1080. The highest BCUT2D eigenvalue weighted by molar-refractivity contribution is 5.89. The molecule has 1 N–H and O–H groups in total. The minimum absolute atomic E-state index is 0.116. The van der Waals surface area contributed by atoms with Gasteiger partial charge in [0, 0.05) is 17.9 Å².